The van der Waals surface area contributed by atoms with Crippen LogP contribution in [0.25, 0.3) is 0 Å². The van der Waals surface area contributed by atoms with Gasteiger partial charge in [0.1, 0.15) is 10.7 Å². The maximum atomic E-state index is 13.6. The molecular formula is C12H12F3NO4S. The lowest BCUT2D eigenvalue weighted by molar-refractivity contribution is -0.135. The molecule has 0 aromatic heterocycles. The van der Waals surface area contributed by atoms with Crippen LogP contribution in [0.4, 0.5) is 13.2 Å². The Bertz CT molecular complexity index is 699. The average molecular weight is 323 g/mol. The van der Waals surface area contributed by atoms with Crippen LogP contribution < -0.4 is 0 Å². The van der Waals surface area contributed by atoms with Crippen molar-refractivity contribution in [2.24, 2.45) is 0 Å². The number of carbonyl (C=O) groups is 1. The van der Waals surface area contributed by atoms with E-state index in [2.05, 4.69) is 4.74 Å². The van der Waals surface area contributed by atoms with E-state index < -0.39 is 43.1 Å². The number of nitrogens with zero attached hydrogens (tertiary/aromatic N) is 1. The van der Waals surface area contributed by atoms with Gasteiger partial charge >= 0.3 is 5.97 Å². The summed E-state index contributed by atoms with van der Waals surface area (Å²) in [7, 11) is -0.947. The molecule has 0 fully saturated rings. The zero-order chi connectivity index (χ0) is 16.4. The van der Waals surface area contributed by atoms with Gasteiger partial charge in [-0.2, -0.15) is 0 Å². The summed E-state index contributed by atoms with van der Waals surface area (Å²) in [6.07, 6.45) is 0.877. The lowest BCUT2D eigenvalue weighted by Crippen LogP contribution is -2.20. The highest BCUT2D eigenvalue weighted by atomic mass is 32.2. The molecule has 0 aliphatic heterocycles. The van der Waals surface area contributed by atoms with Gasteiger partial charge in [-0.05, 0) is 6.07 Å². The number of halogens is 3. The number of sulfone groups is 1. The van der Waals surface area contributed by atoms with Crippen molar-refractivity contribution < 1.29 is 31.1 Å². The first-order valence-electron chi connectivity index (χ1n) is 5.47. The first-order valence-corrected chi connectivity index (χ1v) is 6.95. The molecule has 0 saturated carbocycles. The van der Waals surface area contributed by atoms with E-state index in [4.69, 9.17) is 0 Å². The molecule has 0 saturated heterocycles. The summed E-state index contributed by atoms with van der Waals surface area (Å²) in [6, 6.07) is 0.263. The molecule has 5 nitrogen and oxygen atoms in total. The first-order chi connectivity index (χ1) is 9.61. The zero-order valence-corrected chi connectivity index (χ0v) is 12.2. The van der Waals surface area contributed by atoms with Gasteiger partial charge in [-0.1, -0.05) is 0 Å². The SMILES string of the molecule is COC(=O)/C(=C\N(C)C)S(=O)(=O)c1cc(F)c(F)cc1F. The molecule has 0 unspecified atom stereocenters. The van der Waals surface area contributed by atoms with Crippen LogP contribution in [0.5, 0.6) is 0 Å². The van der Waals surface area contributed by atoms with Crippen molar-refractivity contribution >= 4 is 15.8 Å². The lowest BCUT2D eigenvalue weighted by Gasteiger charge is -2.12. The molecule has 0 aliphatic rings. The minimum absolute atomic E-state index is 0.0901. The highest BCUT2D eigenvalue weighted by Gasteiger charge is 2.32. The Morgan fingerprint density at radius 2 is 1.67 bits per heavy atom. The molecule has 0 aliphatic carbocycles. The number of benzene rings is 1. The summed E-state index contributed by atoms with van der Waals surface area (Å²) in [5, 5.41) is 0. The number of hydrogen-bond donors (Lipinski definition) is 0. The Morgan fingerprint density at radius 1 is 1.14 bits per heavy atom. The standard InChI is InChI=1S/C12H12F3NO4S/c1-16(2)6-11(12(17)20-3)21(18,19)10-5-8(14)7(13)4-9(10)15/h4-6H,1-3H3/b11-6+. The Kier molecular flexibility index (Phi) is 5.00. The molecule has 0 bridgehead atoms. The number of carbonyl (C=O) groups excluding carboxylic acids is 1. The topological polar surface area (TPSA) is 63.7 Å². The molecule has 1 rings (SSSR count). The van der Waals surface area contributed by atoms with E-state index in [1.165, 1.54) is 19.0 Å². The molecule has 0 atom stereocenters. The van der Waals surface area contributed by atoms with Crippen LogP contribution in [0.15, 0.2) is 28.1 Å². The zero-order valence-electron chi connectivity index (χ0n) is 11.4. The maximum Gasteiger partial charge on any atom is 0.351 e. The van der Waals surface area contributed by atoms with E-state index in [1.807, 2.05) is 0 Å². The summed E-state index contributed by atoms with van der Waals surface area (Å²) in [6.45, 7) is 0. The molecular weight excluding hydrogens is 311 g/mol. The van der Waals surface area contributed by atoms with Crippen LogP contribution in [0.1, 0.15) is 0 Å². The fourth-order valence-corrected chi connectivity index (χ4v) is 2.86. The smallest absolute Gasteiger partial charge is 0.351 e. The third kappa shape index (κ3) is 3.54. The Balaban J connectivity index is 3.58. The Morgan fingerprint density at radius 3 is 2.14 bits per heavy atom. The van der Waals surface area contributed by atoms with E-state index in [0.717, 1.165) is 13.3 Å². The fraction of sp³-hybridized carbons (Fsp3) is 0.250. The summed E-state index contributed by atoms with van der Waals surface area (Å²) in [5.41, 5.74) is 0. The van der Waals surface area contributed by atoms with Crippen LogP contribution in [0.3, 0.4) is 0 Å². The van der Waals surface area contributed by atoms with Gasteiger partial charge in [0, 0.05) is 26.4 Å². The van der Waals surface area contributed by atoms with Crippen LogP contribution >= 0.6 is 0 Å². The van der Waals surface area contributed by atoms with Crippen molar-refractivity contribution in [3.05, 3.63) is 40.7 Å². The van der Waals surface area contributed by atoms with Crippen LogP contribution in [0.2, 0.25) is 0 Å². The third-order valence-electron chi connectivity index (χ3n) is 2.32. The molecule has 1 aromatic rings. The highest BCUT2D eigenvalue weighted by molar-refractivity contribution is 7.96. The second-order valence-corrected chi connectivity index (χ2v) is 6.04. The maximum absolute atomic E-state index is 13.6. The van der Waals surface area contributed by atoms with Gasteiger partial charge in [-0.3, -0.25) is 0 Å². The molecule has 0 N–H and O–H groups in total. The van der Waals surface area contributed by atoms with Gasteiger partial charge in [0.05, 0.1) is 7.11 Å². The van der Waals surface area contributed by atoms with Crippen LogP contribution in [-0.2, 0) is 19.4 Å². The van der Waals surface area contributed by atoms with Gasteiger partial charge in [-0.15, -0.1) is 0 Å². The molecule has 0 amide bonds. The van der Waals surface area contributed by atoms with Gasteiger partial charge in [-0.25, -0.2) is 26.4 Å². The van der Waals surface area contributed by atoms with E-state index >= 15 is 0 Å². The monoisotopic (exact) mass is 323 g/mol. The number of methoxy groups -OCH3 is 1. The average Bonchev–Trinajstić information content (AvgIpc) is 2.38. The van der Waals surface area contributed by atoms with Crippen molar-refractivity contribution in [3.8, 4) is 0 Å². The van der Waals surface area contributed by atoms with E-state index in [0.29, 0.717) is 0 Å². The summed E-state index contributed by atoms with van der Waals surface area (Å²) < 4.78 is 68.4. The van der Waals surface area contributed by atoms with E-state index in [9.17, 15) is 26.4 Å². The Labute approximate surface area is 119 Å². The lowest BCUT2D eigenvalue weighted by atomic mass is 10.3. The highest BCUT2D eigenvalue weighted by Crippen LogP contribution is 2.25. The molecule has 0 radical (unpaired) electrons. The van der Waals surface area contributed by atoms with Crippen molar-refractivity contribution in [2.75, 3.05) is 21.2 Å². The number of ether oxygens (including phenoxy) is 1. The van der Waals surface area contributed by atoms with Gasteiger partial charge in [0.2, 0.25) is 9.84 Å². The van der Waals surface area contributed by atoms with Crippen molar-refractivity contribution in [2.45, 2.75) is 4.90 Å². The molecule has 116 valence electrons. The predicted molar refractivity (Wildman–Crippen MR) is 67.3 cm³/mol. The minimum atomic E-state index is -4.71. The Hall–Kier alpha value is -2.03. The summed E-state index contributed by atoms with van der Waals surface area (Å²) in [5.74, 6) is -5.86. The number of rotatable bonds is 4. The van der Waals surface area contributed by atoms with Crippen molar-refractivity contribution in [1.82, 2.24) is 4.90 Å². The van der Waals surface area contributed by atoms with Crippen molar-refractivity contribution in [3.63, 3.8) is 0 Å². The second kappa shape index (κ2) is 6.17. The molecule has 21 heavy (non-hydrogen) atoms. The first kappa shape index (κ1) is 17.0. The fourth-order valence-electron chi connectivity index (χ4n) is 1.40. The summed E-state index contributed by atoms with van der Waals surface area (Å²) >= 11 is 0. The molecule has 9 heteroatoms. The van der Waals surface area contributed by atoms with Gasteiger partial charge < -0.3 is 9.64 Å². The quantitative estimate of drug-likeness (QED) is 0.363. The third-order valence-corrected chi connectivity index (χ3v) is 4.06. The van der Waals surface area contributed by atoms with Crippen LogP contribution in [0, 0.1) is 17.5 Å². The number of hydrogen-bond acceptors (Lipinski definition) is 5. The van der Waals surface area contributed by atoms with Crippen LogP contribution in [-0.4, -0.2) is 40.5 Å². The molecule has 1 aromatic carbocycles. The largest absolute Gasteiger partial charge is 0.465 e. The van der Waals surface area contributed by atoms with Gasteiger partial charge in [0.25, 0.3) is 0 Å². The summed E-state index contributed by atoms with van der Waals surface area (Å²) in [4.78, 5) is 10.7. The van der Waals surface area contributed by atoms with Gasteiger partial charge in [0.15, 0.2) is 16.5 Å². The number of esters is 1. The normalized spacial score (nSPS) is 12.2. The van der Waals surface area contributed by atoms with E-state index in [1.54, 1.807) is 0 Å². The molecule has 0 heterocycles. The van der Waals surface area contributed by atoms with Crippen molar-refractivity contribution in [1.29, 1.82) is 0 Å². The predicted octanol–water partition coefficient (Wildman–Crippen LogP) is 1.45. The minimum Gasteiger partial charge on any atom is -0.465 e. The molecule has 0 spiro atoms. The van der Waals surface area contributed by atoms with E-state index in [-0.39, 0.29) is 12.1 Å². The second-order valence-electron chi connectivity index (χ2n) is 4.15.